The summed E-state index contributed by atoms with van der Waals surface area (Å²) >= 11 is 0. The SMILES string of the molecule is CCCCCCCCO[C@H]1[C@H](O)[C@@H](CN2C(=O)C3CC(O)CN3C(=O)c3ccccc32)OC(O)[C@@H]1O. The summed E-state index contributed by atoms with van der Waals surface area (Å²) in [6.07, 6.45) is -0.860. The zero-order valence-electron chi connectivity index (χ0n) is 20.7. The fourth-order valence-corrected chi connectivity index (χ4v) is 5.35. The van der Waals surface area contributed by atoms with E-state index in [2.05, 4.69) is 6.92 Å². The molecule has 4 rings (SSSR count). The van der Waals surface area contributed by atoms with Crippen LogP contribution in [0.1, 0.15) is 62.2 Å². The summed E-state index contributed by atoms with van der Waals surface area (Å²) in [5.41, 5.74) is 0.682. The Hall–Kier alpha value is -2.08. The van der Waals surface area contributed by atoms with Gasteiger partial charge in [-0.1, -0.05) is 51.2 Å². The van der Waals surface area contributed by atoms with Crippen molar-refractivity contribution in [3.63, 3.8) is 0 Å². The molecular formula is C26H38N2O8. The minimum atomic E-state index is -1.60. The molecule has 3 unspecified atom stereocenters. The molecule has 0 radical (unpaired) electrons. The predicted octanol–water partition coefficient (Wildman–Crippen LogP) is 0.793. The van der Waals surface area contributed by atoms with Gasteiger partial charge in [-0.2, -0.15) is 0 Å². The van der Waals surface area contributed by atoms with Crippen molar-refractivity contribution in [3.8, 4) is 0 Å². The topological polar surface area (TPSA) is 140 Å². The van der Waals surface area contributed by atoms with E-state index in [1.165, 1.54) is 16.2 Å². The molecule has 1 aromatic carbocycles. The molecule has 0 aliphatic carbocycles. The number of nitrogens with zero attached hydrogens (tertiary/aromatic N) is 2. The Morgan fingerprint density at radius 2 is 1.72 bits per heavy atom. The zero-order chi connectivity index (χ0) is 25.8. The Labute approximate surface area is 211 Å². The van der Waals surface area contributed by atoms with Gasteiger partial charge in [-0.3, -0.25) is 9.59 Å². The number of unbranched alkanes of at least 4 members (excludes halogenated alkanes) is 5. The number of benzene rings is 1. The summed E-state index contributed by atoms with van der Waals surface area (Å²) in [5, 5.41) is 41.9. The molecule has 10 heteroatoms. The Morgan fingerprint density at radius 3 is 2.50 bits per heavy atom. The third-order valence-electron chi connectivity index (χ3n) is 7.35. The summed E-state index contributed by atoms with van der Waals surface area (Å²) in [7, 11) is 0. The third-order valence-corrected chi connectivity index (χ3v) is 7.35. The van der Waals surface area contributed by atoms with Crippen molar-refractivity contribution in [3.05, 3.63) is 29.8 Å². The second-order valence-electron chi connectivity index (χ2n) is 9.98. The van der Waals surface area contributed by atoms with Crippen molar-refractivity contribution in [2.75, 3.05) is 24.6 Å². The van der Waals surface area contributed by atoms with Crippen LogP contribution in [0.4, 0.5) is 5.69 Å². The van der Waals surface area contributed by atoms with E-state index < -0.39 is 48.8 Å². The van der Waals surface area contributed by atoms with Crippen molar-refractivity contribution in [2.24, 2.45) is 0 Å². The van der Waals surface area contributed by atoms with E-state index in [4.69, 9.17) is 9.47 Å². The fourth-order valence-electron chi connectivity index (χ4n) is 5.35. The largest absolute Gasteiger partial charge is 0.391 e. The molecule has 2 fully saturated rings. The number of aliphatic hydroxyl groups is 4. The van der Waals surface area contributed by atoms with Gasteiger partial charge in [-0.25, -0.2) is 0 Å². The van der Waals surface area contributed by atoms with E-state index in [0.29, 0.717) is 17.9 Å². The Kier molecular flexibility index (Phi) is 8.97. The molecule has 10 nitrogen and oxygen atoms in total. The molecule has 4 N–H and O–H groups in total. The molecule has 0 saturated carbocycles. The van der Waals surface area contributed by atoms with Crippen LogP contribution >= 0.6 is 0 Å². The number of rotatable bonds is 10. The van der Waals surface area contributed by atoms with Crippen LogP contribution in [-0.2, 0) is 14.3 Å². The highest BCUT2D eigenvalue weighted by molar-refractivity contribution is 6.11. The summed E-state index contributed by atoms with van der Waals surface area (Å²) < 4.78 is 11.3. The third kappa shape index (κ3) is 5.58. The highest BCUT2D eigenvalue weighted by Crippen LogP contribution is 2.34. The fraction of sp³-hybridized carbons (Fsp3) is 0.692. The average Bonchev–Trinajstić information content (AvgIpc) is 3.24. The van der Waals surface area contributed by atoms with E-state index in [1.807, 2.05) is 0 Å². The Bertz CT molecular complexity index is 914. The number of fused-ring (bicyclic) bond motifs is 2. The van der Waals surface area contributed by atoms with Crippen LogP contribution in [0.3, 0.4) is 0 Å². The molecule has 0 bridgehead atoms. The lowest BCUT2D eigenvalue weighted by atomic mass is 9.97. The van der Waals surface area contributed by atoms with Gasteiger partial charge >= 0.3 is 0 Å². The minimum Gasteiger partial charge on any atom is -0.391 e. The van der Waals surface area contributed by atoms with Gasteiger partial charge in [0.25, 0.3) is 5.91 Å². The lowest BCUT2D eigenvalue weighted by molar-refractivity contribution is -0.287. The molecule has 7 atom stereocenters. The van der Waals surface area contributed by atoms with Gasteiger partial charge in [0.15, 0.2) is 6.29 Å². The number of ether oxygens (including phenoxy) is 2. The van der Waals surface area contributed by atoms with Crippen LogP contribution < -0.4 is 4.90 Å². The van der Waals surface area contributed by atoms with Gasteiger partial charge in [-0.05, 0) is 18.6 Å². The number of hydrogen-bond donors (Lipinski definition) is 4. The zero-order valence-corrected chi connectivity index (χ0v) is 20.7. The predicted molar refractivity (Wildman–Crippen MR) is 130 cm³/mol. The molecule has 3 aliphatic heterocycles. The van der Waals surface area contributed by atoms with E-state index >= 15 is 0 Å². The molecule has 36 heavy (non-hydrogen) atoms. The molecule has 2 amide bonds. The van der Waals surface area contributed by atoms with Crippen molar-refractivity contribution >= 4 is 17.5 Å². The Morgan fingerprint density at radius 1 is 1.00 bits per heavy atom. The van der Waals surface area contributed by atoms with E-state index in [9.17, 15) is 30.0 Å². The average molecular weight is 507 g/mol. The second kappa shape index (κ2) is 12.0. The van der Waals surface area contributed by atoms with Crippen molar-refractivity contribution in [2.45, 2.75) is 94.7 Å². The van der Waals surface area contributed by atoms with Gasteiger partial charge in [0, 0.05) is 19.6 Å². The first-order chi connectivity index (χ1) is 17.3. The molecule has 1 aromatic rings. The molecule has 200 valence electrons. The molecular weight excluding hydrogens is 468 g/mol. The van der Waals surface area contributed by atoms with Crippen LogP contribution in [0.25, 0.3) is 0 Å². The molecule has 3 aliphatic rings. The van der Waals surface area contributed by atoms with Gasteiger partial charge in [0.1, 0.15) is 30.5 Å². The van der Waals surface area contributed by atoms with Gasteiger partial charge in [-0.15, -0.1) is 0 Å². The maximum absolute atomic E-state index is 13.5. The minimum absolute atomic E-state index is 0.0687. The number of carbonyl (C=O) groups is 2. The number of amides is 2. The van der Waals surface area contributed by atoms with Crippen molar-refractivity contribution in [1.29, 1.82) is 0 Å². The molecule has 0 aromatic heterocycles. The standard InChI is InChI=1S/C26H38N2O8/c1-2-3-4-5-6-9-12-35-23-21(30)20(36-26(34)22(23)31)15-28-18-11-8-7-10-17(18)24(32)27-14-16(29)13-19(27)25(28)33/h7-8,10-11,16,19-23,26,29-31,34H,2-6,9,12-15H2,1H3/t16?,19?,20-,21-,22-,23+,26?/m1/s1. The quantitative estimate of drug-likeness (QED) is 0.342. The van der Waals surface area contributed by atoms with Gasteiger partial charge in [0.05, 0.1) is 23.9 Å². The molecule has 2 saturated heterocycles. The van der Waals surface area contributed by atoms with Crippen LogP contribution in [0.15, 0.2) is 24.3 Å². The Balaban J connectivity index is 1.48. The maximum Gasteiger partial charge on any atom is 0.256 e. The summed E-state index contributed by atoms with van der Waals surface area (Å²) in [6.45, 7) is 2.38. The van der Waals surface area contributed by atoms with Crippen molar-refractivity contribution < 1.29 is 39.5 Å². The van der Waals surface area contributed by atoms with Gasteiger partial charge in [0.2, 0.25) is 5.91 Å². The highest BCUT2D eigenvalue weighted by Gasteiger charge is 2.49. The van der Waals surface area contributed by atoms with Crippen LogP contribution in [0, 0.1) is 0 Å². The normalized spacial score (nSPS) is 32.4. The van der Waals surface area contributed by atoms with Gasteiger partial charge < -0.3 is 39.7 Å². The number of carbonyl (C=O) groups excluding carboxylic acids is 2. The monoisotopic (exact) mass is 506 g/mol. The number of anilines is 1. The first kappa shape index (κ1) is 27.0. The molecule has 0 spiro atoms. The summed E-state index contributed by atoms with van der Waals surface area (Å²) in [6, 6.07) is 5.84. The number of aliphatic hydroxyl groups excluding tert-OH is 4. The van der Waals surface area contributed by atoms with E-state index in [1.54, 1.807) is 24.3 Å². The number of para-hydroxylation sites is 1. The lowest BCUT2D eigenvalue weighted by Gasteiger charge is -2.42. The van der Waals surface area contributed by atoms with E-state index in [0.717, 1.165) is 32.1 Å². The highest BCUT2D eigenvalue weighted by atomic mass is 16.6. The number of hydrogen-bond acceptors (Lipinski definition) is 8. The first-order valence-electron chi connectivity index (χ1n) is 13.0. The van der Waals surface area contributed by atoms with Crippen LogP contribution in [0.2, 0.25) is 0 Å². The van der Waals surface area contributed by atoms with Crippen LogP contribution in [-0.4, -0.2) is 99.7 Å². The lowest BCUT2D eigenvalue weighted by Crippen LogP contribution is -2.61. The van der Waals surface area contributed by atoms with E-state index in [-0.39, 0.29) is 25.4 Å². The van der Waals surface area contributed by atoms with Crippen LogP contribution in [0.5, 0.6) is 0 Å². The second-order valence-corrected chi connectivity index (χ2v) is 9.98. The maximum atomic E-state index is 13.5. The smallest absolute Gasteiger partial charge is 0.256 e. The molecule has 3 heterocycles. The summed E-state index contributed by atoms with van der Waals surface area (Å²) in [5.74, 6) is -0.741. The van der Waals surface area contributed by atoms with Crippen molar-refractivity contribution in [1.82, 2.24) is 4.90 Å². The first-order valence-corrected chi connectivity index (χ1v) is 13.0. The summed E-state index contributed by atoms with van der Waals surface area (Å²) in [4.78, 5) is 29.5.